The molecule has 652 valence electrons. The third kappa shape index (κ3) is 24.3. The number of fused-ring (bicyclic) bond motifs is 4. The van der Waals surface area contributed by atoms with Crippen LogP contribution in [0.4, 0.5) is 45.5 Å². The van der Waals surface area contributed by atoms with E-state index in [1.165, 1.54) is 60.7 Å². The van der Waals surface area contributed by atoms with Gasteiger partial charge < -0.3 is 57.8 Å². The monoisotopic (exact) mass is 1890 g/mol. The van der Waals surface area contributed by atoms with Crippen molar-refractivity contribution in [2.75, 3.05) is 21.3 Å². The molecule has 128 heavy (non-hydrogen) atoms. The van der Waals surface area contributed by atoms with Crippen LogP contribution >= 0.6 is 0 Å². The van der Waals surface area contributed by atoms with Crippen molar-refractivity contribution in [2.24, 2.45) is 11.8 Å². The standard InChI is InChI=1S/C88H88N6O18S4.4Na.2O3S/c1-43(2)87(95)93-81-47(7)33-45(5)79(53(81)13)89-57-25-31-61-69(37-57)111-72-42-68(76(116(106,107)108)40-66(72)77(61)63-21-17-19-23-73(63)113(97,98)99)92-84-50(10)36-52(12)86(56(84)16)110-60-29-27-59(28-30-60)109-85-51(11)35-49(9)83(55(85)15)90-58-26-32-62-70(38-58)112-71-41-67(91-80-46(6)34-48(8)82(54(80)14)94-88(96)44(3)4)75(115(103,104)105)39-65(71)78(62)64-22-18-20-24-74(64)114(100,101)102;;;;;2*1-4(2)3/h17-24,31-44,59-60,89-90H,27-30H2,1-16H3,(H,93,95)(H,94,96)(H,97,98,99)(H,100,101,102)(H,103,104,105)(H,106,107,108);;;;;;/q-2;4*+1;;/p-2. The Balaban J connectivity index is 0.00000179. The van der Waals surface area contributed by atoms with E-state index in [-0.39, 0.29) is 232 Å². The van der Waals surface area contributed by atoms with E-state index in [1.54, 1.807) is 59.7 Å². The van der Waals surface area contributed by atoms with Crippen LogP contribution in [0, 0.1) is 107 Å². The van der Waals surface area contributed by atoms with E-state index in [1.807, 2.05) is 87.4 Å². The van der Waals surface area contributed by atoms with Gasteiger partial charge in [-0.25, -0.2) is 43.7 Å². The van der Waals surface area contributed by atoms with Crippen molar-refractivity contribution in [1.29, 1.82) is 0 Å². The number of nitrogens with one attached hydrogen (secondary N) is 6. The van der Waals surface area contributed by atoms with E-state index in [9.17, 15) is 61.5 Å². The molecule has 0 atom stereocenters. The van der Waals surface area contributed by atoms with Crippen LogP contribution < -0.4 is 170 Å². The summed E-state index contributed by atoms with van der Waals surface area (Å²) in [7, 11) is -27.2. The largest absolute Gasteiger partial charge is 1.00 e. The minimum atomic E-state index is -5.35. The minimum Gasteiger partial charge on any atom is -0.744 e. The molecule has 0 radical (unpaired) electrons. The number of rotatable bonds is 20. The average Bonchev–Trinajstić information content (AvgIpc) is 0.735. The third-order valence-electron chi connectivity index (χ3n) is 21.4. The summed E-state index contributed by atoms with van der Waals surface area (Å²) in [4.78, 5) is 29.7. The molecule has 1 saturated carbocycles. The molecule has 0 bridgehead atoms. The molecule has 8 aromatic carbocycles. The van der Waals surface area contributed by atoms with Gasteiger partial charge in [-0.1, -0.05) is 110 Å². The predicted molar refractivity (Wildman–Crippen MR) is 456 cm³/mol. The van der Waals surface area contributed by atoms with Crippen molar-refractivity contribution >= 4 is 141 Å². The van der Waals surface area contributed by atoms with Crippen molar-refractivity contribution in [3.05, 3.63) is 211 Å². The number of aryl methyl sites for hydroxylation is 8. The van der Waals surface area contributed by atoms with Gasteiger partial charge in [0.15, 0.2) is 0 Å². The molecule has 13 rings (SSSR count). The topological polar surface area (TPSA) is 486 Å². The fourth-order valence-electron chi connectivity index (χ4n) is 15.7. The SMILES string of the molecule is Cc1cc(C)c(Nc2[c-]cc3c(-c4ccccc4S(=O)(=O)[O-])c4cc(S(=O)(=O)[O-])c(=[NH+]c5c(C)cc(C)c(OC6CCC(Oc7c(C)cc(C)c(Nc8[c-]cc9c(-c%10ccccc%10S(=O)(=O)[O-])c%10cc(S(=O)(=O)[O-])c(=[NH+]c%11c(C)cc(C)c(NC(=O)C(C)C)c%11C)cc-%10oc9c8)c7C)CC6)c5C)cc-4oc3c2)c(C)c1NC(=O)C(C)C.O=S(=O)=O.O=S(=O)=O.[Na+].[Na+].[Na+].[Na+]. The van der Waals surface area contributed by atoms with Crippen LogP contribution in [0.15, 0.2) is 150 Å². The molecule has 6 N–H and O–H groups in total. The molecule has 40 heteroatoms. The van der Waals surface area contributed by atoms with Crippen molar-refractivity contribution in [3.8, 4) is 56.4 Å². The maximum Gasteiger partial charge on any atom is 1.00 e. The summed E-state index contributed by atoms with van der Waals surface area (Å²) in [6, 6.07) is 36.2. The van der Waals surface area contributed by atoms with Crippen LogP contribution in [0.25, 0.3) is 66.8 Å². The van der Waals surface area contributed by atoms with Gasteiger partial charge in [-0.15, -0.1) is 37.4 Å². The Kier molecular flexibility index (Phi) is 36.2. The molecule has 0 saturated heterocycles. The van der Waals surface area contributed by atoms with Gasteiger partial charge in [-0.2, -0.15) is 24.3 Å². The molecule has 8 aromatic rings. The molecule has 0 aromatic heterocycles. The normalized spacial score (nSPS) is 13.7. The first kappa shape index (κ1) is 107. The van der Waals surface area contributed by atoms with E-state index in [0.29, 0.717) is 105 Å². The van der Waals surface area contributed by atoms with Crippen molar-refractivity contribution in [1.82, 2.24) is 0 Å². The summed E-state index contributed by atoms with van der Waals surface area (Å²) in [5.41, 5.74) is 13.3. The quantitative estimate of drug-likeness (QED) is 0.0247. The molecule has 30 nitrogen and oxygen atoms in total. The summed E-state index contributed by atoms with van der Waals surface area (Å²) in [5.74, 6) is 0.0921. The van der Waals surface area contributed by atoms with Crippen molar-refractivity contribution in [2.45, 2.75) is 168 Å². The molecule has 0 spiro atoms. The van der Waals surface area contributed by atoms with Crippen LogP contribution in [0.2, 0.25) is 0 Å². The summed E-state index contributed by atoms with van der Waals surface area (Å²) in [6.45, 7) is 29.5. The Hall–Kier alpha value is -7.84. The number of amides is 2. The summed E-state index contributed by atoms with van der Waals surface area (Å²) < 4.78 is 237. The van der Waals surface area contributed by atoms with Gasteiger partial charge >= 0.3 is 139 Å². The van der Waals surface area contributed by atoms with Crippen LogP contribution in [0.3, 0.4) is 0 Å². The molecule has 3 aliphatic carbocycles. The first-order chi connectivity index (χ1) is 57.9. The minimum absolute atomic E-state index is 0. The molecule has 1 fully saturated rings. The van der Waals surface area contributed by atoms with Gasteiger partial charge in [0.1, 0.15) is 73.3 Å². The van der Waals surface area contributed by atoms with Gasteiger partial charge in [0.25, 0.3) is 0 Å². The second kappa shape index (κ2) is 43.2. The van der Waals surface area contributed by atoms with Crippen LogP contribution in [-0.4, -0.2) is 101 Å². The number of anilines is 6. The van der Waals surface area contributed by atoms with E-state index in [2.05, 4.69) is 43.4 Å². The molecule has 2 heterocycles. The number of carbonyl (C=O) groups excluding carboxylic acids is 2. The van der Waals surface area contributed by atoms with Gasteiger partial charge in [0, 0.05) is 73.4 Å². The van der Waals surface area contributed by atoms with E-state index in [4.69, 9.17) is 43.6 Å². The van der Waals surface area contributed by atoms with Crippen LogP contribution in [0.1, 0.15) is 120 Å². The zero-order valence-corrected chi connectivity index (χ0v) is 86.8. The molecule has 2 amide bonds. The first-order valence-electron chi connectivity index (χ1n) is 38.5. The van der Waals surface area contributed by atoms with Crippen molar-refractivity contribution in [3.63, 3.8) is 0 Å². The van der Waals surface area contributed by atoms with Gasteiger partial charge in [-0.3, -0.25) is 9.59 Å². The van der Waals surface area contributed by atoms with Gasteiger partial charge in [0.05, 0.1) is 45.4 Å². The zero-order chi connectivity index (χ0) is 91.2. The molecule has 2 aliphatic heterocycles. The smallest absolute Gasteiger partial charge is 0.744 e. The van der Waals surface area contributed by atoms with Gasteiger partial charge in [-0.05, 0) is 195 Å². The second-order valence-corrected chi connectivity index (χ2v) is 37.2. The van der Waals surface area contributed by atoms with E-state index < -0.39 is 81.3 Å². The Morgan fingerprint density at radius 2 is 0.719 bits per heavy atom. The second-order valence-electron chi connectivity index (χ2n) is 31.0. The van der Waals surface area contributed by atoms with Crippen LogP contribution in [-0.2, 0) is 71.3 Å². The average molecular weight is 1900 g/mol. The van der Waals surface area contributed by atoms with E-state index >= 15 is 0 Å². The maximum absolute atomic E-state index is 13.6. The Bertz CT molecular complexity index is 7230. The maximum atomic E-state index is 13.6. The number of hydrogen-bond donors (Lipinski definition) is 6. The van der Waals surface area contributed by atoms with Crippen molar-refractivity contribution < 1.29 is 233 Å². The fraction of sp³-hybridized carbons (Fsp3) is 0.273. The van der Waals surface area contributed by atoms with Crippen LogP contribution in [0.5, 0.6) is 11.5 Å². The first-order valence-corrected chi connectivity index (χ1v) is 46.2. The Morgan fingerprint density at radius 1 is 0.406 bits per heavy atom. The summed E-state index contributed by atoms with van der Waals surface area (Å²) >= 11 is 0. The Morgan fingerprint density at radius 3 is 1.09 bits per heavy atom. The number of benzene rings is 10. The molecule has 5 aliphatic rings. The molecular formula is C88H86N6Na4O24S6. The number of hydrogen-bond acceptors (Lipinski definition) is 26. The summed E-state index contributed by atoms with van der Waals surface area (Å²) in [6.07, 6.45) is 1.73. The number of carbonyl (C=O) groups is 2. The van der Waals surface area contributed by atoms with E-state index in [0.717, 1.165) is 68.8 Å². The molecule has 0 unspecified atom stereocenters. The predicted octanol–water partition coefficient (Wildman–Crippen LogP) is -0.281. The number of ether oxygens (including phenoxy) is 2. The third-order valence-corrected chi connectivity index (χ3v) is 25.0. The Labute approximate surface area is 833 Å². The van der Waals surface area contributed by atoms with Gasteiger partial charge in [0.2, 0.25) is 33.9 Å². The summed E-state index contributed by atoms with van der Waals surface area (Å²) in [5, 5.41) is 13.0. The zero-order valence-electron chi connectivity index (χ0n) is 73.9. The molecular weight excluding hydrogens is 1810 g/mol. The fourth-order valence-corrected chi connectivity index (χ4v) is 18.4.